The second-order valence-corrected chi connectivity index (χ2v) is 13.1. The second-order valence-electron chi connectivity index (χ2n) is 13.1. The number of hydrogen-bond donors (Lipinski definition) is 2. The molecule has 3 saturated heterocycles. The molecular weight excluding hydrogens is 559 g/mol. The van der Waals surface area contributed by atoms with Crippen LogP contribution in [0.2, 0.25) is 0 Å². The van der Waals surface area contributed by atoms with Crippen molar-refractivity contribution >= 4 is 27.5 Å². The highest BCUT2D eigenvalue weighted by molar-refractivity contribution is 6.01. The third-order valence-corrected chi connectivity index (χ3v) is 9.97. The molecule has 1 aliphatic carbocycles. The van der Waals surface area contributed by atoms with E-state index in [0.29, 0.717) is 35.5 Å². The molecule has 4 aromatic rings. The molecule has 0 radical (unpaired) electrons. The van der Waals surface area contributed by atoms with E-state index in [4.69, 9.17) is 19.4 Å². The summed E-state index contributed by atoms with van der Waals surface area (Å²) in [7, 11) is 0. The average Bonchev–Trinajstić information content (AvgIpc) is 3.73. The summed E-state index contributed by atoms with van der Waals surface area (Å²) >= 11 is 0. The maximum Gasteiger partial charge on any atom is 0.319 e. The number of phenols is 1. The Kier molecular flexibility index (Phi) is 7.03. The van der Waals surface area contributed by atoms with Crippen LogP contribution in [0, 0.1) is 11.2 Å². The SMILES string of the molecule is CCc1cccc2cc(O)cc(-c3ncc4c(N5C[C@H]6CC[C@@H](C5)N6)nc(OCC5(CN6CCOCC6)CC5)nc4c3F)c12. The highest BCUT2D eigenvalue weighted by Gasteiger charge is 2.45. The van der Waals surface area contributed by atoms with E-state index in [-0.39, 0.29) is 28.4 Å². The molecule has 10 heteroatoms. The van der Waals surface area contributed by atoms with Gasteiger partial charge in [0.2, 0.25) is 0 Å². The predicted molar refractivity (Wildman–Crippen MR) is 168 cm³/mol. The summed E-state index contributed by atoms with van der Waals surface area (Å²) in [4.78, 5) is 19.0. The quantitative estimate of drug-likeness (QED) is 0.300. The van der Waals surface area contributed by atoms with Crippen LogP contribution in [0.3, 0.4) is 0 Å². The number of fused-ring (bicyclic) bond motifs is 4. The van der Waals surface area contributed by atoms with Gasteiger partial charge in [-0.2, -0.15) is 9.97 Å². The van der Waals surface area contributed by atoms with Gasteiger partial charge in [0.05, 0.1) is 25.2 Å². The molecule has 0 amide bonds. The van der Waals surface area contributed by atoms with Gasteiger partial charge in [0.1, 0.15) is 22.8 Å². The minimum Gasteiger partial charge on any atom is -0.508 e. The smallest absolute Gasteiger partial charge is 0.319 e. The number of nitrogens with one attached hydrogen (secondary N) is 1. The van der Waals surface area contributed by atoms with Gasteiger partial charge in [-0.1, -0.05) is 25.1 Å². The number of hydrogen-bond acceptors (Lipinski definition) is 9. The number of ether oxygens (including phenoxy) is 2. The van der Waals surface area contributed by atoms with E-state index in [2.05, 4.69) is 27.0 Å². The van der Waals surface area contributed by atoms with E-state index in [1.54, 1.807) is 18.3 Å². The minimum absolute atomic E-state index is 0.0701. The van der Waals surface area contributed by atoms with E-state index in [1.165, 1.54) is 0 Å². The number of aryl methyl sites for hydroxylation is 1. The molecule has 2 bridgehead atoms. The Morgan fingerprint density at radius 2 is 1.91 bits per heavy atom. The number of benzene rings is 2. The largest absolute Gasteiger partial charge is 0.508 e. The van der Waals surface area contributed by atoms with Crippen molar-refractivity contribution in [3.63, 3.8) is 0 Å². The van der Waals surface area contributed by atoms with Gasteiger partial charge in [-0.25, -0.2) is 4.39 Å². The lowest BCUT2D eigenvalue weighted by Gasteiger charge is -2.34. The standard InChI is InChI=1S/C34H39FN6O3/c1-2-21-4-3-5-22-14-25(42)15-26(28(21)22)30-29(35)31-27(16-36-30)32(41-17-23-6-7-24(18-41)37-23)39-33(38-31)44-20-34(8-9-34)19-40-10-12-43-13-11-40/h3-5,14-16,23-24,37,42H,2,6-13,17-20H2,1H3/t23-,24+. The zero-order chi connectivity index (χ0) is 29.8. The molecule has 2 aromatic carbocycles. The minimum atomic E-state index is -0.527. The van der Waals surface area contributed by atoms with Crippen molar-refractivity contribution in [1.29, 1.82) is 0 Å². The molecule has 8 rings (SSSR count). The first-order chi connectivity index (χ1) is 21.5. The zero-order valence-corrected chi connectivity index (χ0v) is 25.2. The number of morpholine rings is 1. The van der Waals surface area contributed by atoms with E-state index in [9.17, 15) is 5.11 Å². The molecule has 0 spiro atoms. The summed E-state index contributed by atoms with van der Waals surface area (Å²) in [5.74, 6) is 0.219. The van der Waals surface area contributed by atoms with Crippen LogP contribution in [0.25, 0.3) is 32.9 Å². The third-order valence-electron chi connectivity index (χ3n) is 9.97. The fraction of sp³-hybridized carbons (Fsp3) is 0.500. The van der Waals surface area contributed by atoms with Crippen LogP contribution in [0.15, 0.2) is 36.5 Å². The molecule has 9 nitrogen and oxygen atoms in total. The van der Waals surface area contributed by atoms with Gasteiger partial charge in [-0.05, 0) is 60.6 Å². The Labute approximate surface area is 256 Å². The summed E-state index contributed by atoms with van der Waals surface area (Å²) in [6.07, 6.45) is 6.91. The predicted octanol–water partition coefficient (Wildman–Crippen LogP) is 4.68. The van der Waals surface area contributed by atoms with E-state index < -0.39 is 5.82 Å². The molecular formula is C34H39FN6O3. The first-order valence-corrected chi connectivity index (χ1v) is 16.0. The van der Waals surface area contributed by atoms with Gasteiger partial charge in [-0.15, -0.1) is 0 Å². The molecule has 5 heterocycles. The summed E-state index contributed by atoms with van der Waals surface area (Å²) in [6, 6.07) is 10.2. The van der Waals surface area contributed by atoms with Crippen LogP contribution < -0.4 is 15.0 Å². The molecule has 4 fully saturated rings. The maximum absolute atomic E-state index is 16.8. The molecule has 4 aliphatic rings. The Morgan fingerprint density at radius 1 is 1.11 bits per heavy atom. The molecule has 2 atom stereocenters. The molecule has 44 heavy (non-hydrogen) atoms. The highest BCUT2D eigenvalue weighted by atomic mass is 19.1. The van der Waals surface area contributed by atoms with Gasteiger partial charge < -0.3 is 24.8 Å². The van der Waals surface area contributed by atoms with Crippen molar-refractivity contribution in [2.24, 2.45) is 5.41 Å². The molecule has 2 aromatic heterocycles. The third kappa shape index (κ3) is 5.12. The van der Waals surface area contributed by atoms with Gasteiger partial charge in [0, 0.05) is 62.0 Å². The van der Waals surface area contributed by atoms with Crippen LogP contribution in [-0.4, -0.2) is 89.6 Å². The Balaban J connectivity index is 1.21. The average molecular weight is 599 g/mol. The fourth-order valence-corrected chi connectivity index (χ4v) is 7.43. The molecule has 2 N–H and O–H groups in total. The lowest BCUT2D eigenvalue weighted by Crippen LogP contribution is -2.51. The van der Waals surface area contributed by atoms with Crippen LogP contribution in [0.1, 0.15) is 38.2 Å². The van der Waals surface area contributed by atoms with Gasteiger partial charge >= 0.3 is 6.01 Å². The number of anilines is 1. The monoisotopic (exact) mass is 598 g/mol. The molecule has 1 saturated carbocycles. The van der Waals surface area contributed by atoms with Crippen molar-refractivity contribution in [3.05, 3.63) is 47.9 Å². The number of aromatic nitrogens is 3. The van der Waals surface area contributed by atoms with Crippen molar-refractivity contribution in [1.82, 2.24) is 25.2 Å². The lowest BCUT2D eigenvalue weighted by atomic mass is 9.95. The Hall–Kier alpha value is -3.60. The van der Waals surface area contributed by atoms with Crippen molar-refractivity contribution in [3.8, 4) is 23.0 Å². The Bertz CT molecular complexity index is 1710. The first-order valence-electron chi connectivity index (χ1n) is 16.0. The number of nitrogens with zero attached hydrogens (tertiary/aromatic N) is 5. The zero-order valence-electron chi connectivity index (χ0n) is 25.2. The number of phenolic OH excluding ortho intramolecular Hbond substituents is 1. The van der Waals surface area contributed by atoms with Gasteiger partial charge in [0.25, 0.3) is 0 Å². The van der Waals surface area contributed by atoms with Crippen LogP contribution >= 0.6 is 0 Å². The number of rotatable bonds is 8. The summed E-state index contributed by atoms with van der Waals surface area (Å²) < 4.78 is 28.7. The number of aromatic hydroxyl groups is 1. The number of pyridine rings is 1. The van der Waals surface area contributed by atoms with Crippen LogP contribution in [0.4, 0.5) is 10.2 Å². The summed E-state index contributed by atoms with van der Waals surface area (Å²) in [6.45, 7) is 8.54. The molecule has 230 valence electrons. The van der Waals surface area contributed by atoms with Gasteiger partial charge in [-0.3, -0.25) is 9.88 Å². The van der Waals surface area contributed by atoms with E-state index in [1.807, 2.05) is 18.2 Å². The fourth-order valence-electron chi connectivity index (χ4n) is 7.43. The van der Waals surface area contributed by atoms with Crippen molar-refractivity contribution in [2.45, 2.75) is 51.1 Å². The highest BCUT2D eigenvalue weighted by Crippen LogP contribution is 2.47. The maximum atomic E-state index is 16.8. The normalized spacial score (nSPS) is 23.0. The molecule has 0 unspecified atom stereocenters. The van der Waals surface area contributed by atoms with E-state index in [0.717, 1.165) is 94.4 Å². The van der Waals surface area contributed by atoms with Gasteiger partial charge in [0.15, 0.2) is 5.82 Å². The first kappa shape index (κ1) is 27.9. The molecule has 3 aliphatic heterocycles. The van der Waals surface area contributed by atoms with Crippen LogP contribution in [-0.2, 0) is 11.2 Å². The van der Waals surface area contributed by atoms with Crippen molar-refractivity contribution in [2.75, 3.05) is 57.4 Å². The Morgan fingerprint density at radius 3 is 2.66 bits per heavy atom. The summed E-state index contributed by atoms with van der Waals surface area (Å²) in [5, 5.41) is 16.6. The second kappa shape index (κ2) is 11.1. The summed E-state index contributed by atoms with van der Waals surface area (Å²) in [5.41, 5.74) is 2.06. The van der Waals surface area contributed by atoms with Crippen LogP contribution in [0.5, 0.6) is 11.8 Å². The lowest BCUT2D eigenvalue weighted by molar-refractivity contribution is 0.0231. The van der Waals surface area contributed by atoms with Crippen molar-refractivity contribution < 1.29 is 19.0 Å². The number of piperazine rings is 1. The number of halogens is 1. The van der Waals surface area contributed by atoms with E-state index >= 15 is 4.39 Å². The topological polar surface area (TPSA) is 95.9 Å².